The zero-order valence-corrected chi connectivity index (χ0v) is 11.3. The molecule has 0 aliphatic carbocycles. The van der Waals surface area contributed by atoms with Crippen molar-refractivity contribution in [2.45, 2.75) is 17.0 Å². The molecule has 0 atom stereocenters. The lowest BCUT2D eigenvalue weighted by atomic mass is 10.3. The Morgan fingerprint density at radius 2 is 2.00 bits per heavy atom. The Kier molecular flexibility index (Phi) is 4.31. The molecule has 0 bridgehead atoms. The average molecular weight is 293 g/mol. The van der Waals surface area contributed by atoms with Crippen LogP contribution in [0.5, 0.6) is 6.01 Å². The third kappa shape index (κ3) is 3.54. The molecule has 0 unspecified atom stereocenters. The number of anilines is 1. The number of nitro groups is 1. The van der Waals surface area contributed by atoms with Gasteiger partial charge in [-0.3, -0.25) is 10.1 Å². The molecule has 0 aliphatic heterocycles. The smallest absolute Gasteiger partial charge is 0.322 e. The Bertz CT molecular complexity index is 620. The van der Waals surface area contributed by atoms with Gasteiger partial charge >= 0.3 is 6.01 Å². The number of non-ortho nitro benzene ring substituents is 1. The molecule has 0 saturated heterocycles. The van der Waals surface area contributed by atoms with Gasteiger partial charge in [0.1, 0.15) is 0 Å². The fourth-order valence-corrected chi connectivity index (χ4v) is 2.08. The lowest BCUT2D eigenvalue weighted by molar-refractivity contribution is -0.384. The molecule has 9 heteroatoms. The molecule has 1 aromatic heterocycles. The zero-order valence-electron chi connectivity index (χ0n) is 10.5. The first-order chi connectivity index (χ1) is 9.58. The molecule has 104 valence electrons. The molecule has 0 saturated carbocycles. The third-order valence-electron chi connectivity index (χ3n) is 2.14. The van der Waals surface area contributed by atoms with E-state index in [0.29, 0.717) is 11.8 Å². The van der Waals surface area contributed by atoms with Crippen molar-refractivity contribution < 1.29 is 9.66 Å². The van der Waals surface area contributed by atoms with E-state index in [9.17, 15) is 10.1 Å². The van der Waals surface area contributed by atoms with Gasteiger partial charge in [0.05, 0.1) is 11.5 Å². The number of benzene rings is 1. The highest BCUT2D eigenvalue weighted by Gasteiger charge is 2.09. The van der Waals surface area contributed by atoms with Crippen LogP contribution in [0, 0.1) is 10.1 Å². The maximum absolute atomic E-state index is 10.6. The highest BCUT2D eigenvalue weighted by molar-refractivity contribution is 7.99. The van der Waals surface area contributed by atoms with E-state index in [0.717, 1.165) is 4.90 Å². The summed E-state index contributed by atoms with van der Waals surface area (Å²) in [6.07, 6.45) is 0. The number of rotatable bonds is 5. The topological polar surface area (TPSA) is 117 Å². The molecule has 0 fully saturated rings. The van der Waals surface area contributed by atoms with Crippen LogP contribution in [-0.2, 0) is 0 Å². The molecule has 2 N–H and O–H groups in total. The summed E-state index contributed by atoms with van der Waals surface area (Å²) in [5, 5.41) is 10.9. The van der Waals surface area contributed by atoms with Gasteiger partial charge in [-0.1, -0.05) is 0 Å². The Labute approximate surface area is 118 Å². The van der Waals surface area contributed by atoms with Crippen molar-refractivity contribution in [2.24, 2.45) is 0 Å². The minimum atomic E-state index is -0.456. The van der Waals surface area contributed by atoms with Crippen molar-refractivity contribution in [3.8, 4) is 6.01 Å². The maximum Gasteiger partial charge on any atom is 0.322 e. The summed E-state index contributed by atoms with van der Waals surface area (Å²) in [4.78, 5) is 22.7. The van der Waals surface area contributed by atoms with Crippen molar-refractivity contribution in [1.82, 2.24) is 15.0 Å². The van der Waals surface area contributed by atoms with E-state index >= 15 is 0 Å². The van der Waals surface area contributed by atoms with Crippen LogP contribution in [0.15, 0.2) is 34.3 Å². The number of hydrogen-bond donors (Lipinski definition) is 1. The molecule has 0 spiro atoms. The number of nitrogens with two attached hydrogens (primary N) is 1. The van der Waals surface area contributed by atoms with Crippen LogP contribution >= 0.6 is 11.8 Å². The van der Waals surface area contributed by atoms with Crippen LogP contribution in [0.2, 0.25) is 0 Å². The molecule has 1 heterocycles. The number of aromatic nitrogens is 3. The van der Waals surface area contributed by atoms with Crippen LogP contribution in [0.4, 0.5) is 11.6 Å². The van der Waals surface area contributed by atoms with Crippen molar-refractivity contribution in [3.63, 3.8) is 0 Å². The summed E-state index contributed by atoms with van der Waals surface area (Å²) in [7, 11) is 0. The van der Waals surface area contributed by atoms with E-state index in [1.54, 1.807) is 12.1 Å². The molecule has 8 nitrogen and oxygen atoms in total. The van der Waals surface area contributed by atoms with Crippen molar-refractivity contribution in [2.75, 3.05) is 12.3 Å². The van der Waals surface area contributed by atoms with E-state index < -0.39 is 4.92 Å². The first kappa shape index (κ1) is 14.0. The first-order valence-electron chi connectivity index (χ1n) is 5.65. The standard InChI is InChI=1S/C11H11N5O3S/c1-2-19-10-13-9(12)14-11(15-10)20-8-5-3-7(4-6-8)16(17)18/h3-6H,2H2,1H3,(H2,12,13,14,15). The SMILES string of the molecule is CCOc1nc(N)nc(Sc2ccc([N+](=O)[O-])cc2)n1. The van der Waals surface area contributed by atoms with Gasteiger partial charge in [-0.2, -0.15) is 15.0 Å². The van der Waals surface area contributed by atoms with Crippen LogP contribution in [0.1, 0.15) is 6.92 Å². The first-order valence-corrected chi connectivity index (χ1v) is 6.47. The molecule has 0 amide bonds. The summed E-state index contributed by atoms with van der Waals surface area (Å²) < 4.78 is 5.17. The van der Waals surface area contributed by atoms with Crippen LogP contribution < -0.4 is 10.5 Å². The van der Waals surface area contributed by atoms with Crippen LogP contribution in [-0.4, -0.2) is 26.5 Å². The van der Waals surface area contributed by atoms with Crippen molar-refractivity contribution in [1.29, 1.82) is 0 Å². The van der Waals surface area contributed by atoms with Crippen molar-refractivity contribution >= 4 is 23.4 Å². The van der Waals surface area contributed by atoms with Gasteiger partial charge in [0.2, 0.25) is 11.1 Å². The van der Waals surface area contributed by atoms with Gasteiger partial charge in [-0.15, -0.1) is 0 Å². The molecule has 0 radical (unpaired) electrons. The lowest BCUT2D eigenvalue weighted by Gasteiger charge is -2.04. The molecule has 2 aromatic rings. The number of nitro benzene ring substituents is 1. The fraction of sp³-hybridized carbons (Fsp3) is 0.182. The predicted molar refractivity (Wildman–Crippen MR) is 72.6 cm³/mol. The molecular weight excluding hydrogens is 282 g/mol. The summed E-state index contributed by atoms with van der Waals surface area (Å²) in [6, 6.07) is 6.21. The van der Waals surface area contributed by atoms with E-state index in [1.165, 1.54) is 23.9 Å². The largest absolute Gasteiger partial charge is 0.464 e. The summed E-state index contributed by atoms with van der Waals surface area (Å²) in [5.41, 5.74) is 5.59. The Hall–Kier alpha value is -2.42. The monoisotopic (exact) mass is 293 g/mol. The molecule has 2 rings (SSSR count). The predicted octanol–water partition coefficient (Wildman–Crippen LogP) is 1.91. The second kappa shape index (κ2) is 6.15. The zero-order chi connectivity index (χ0) is 14.5. The van der Waals surface area contributed by atoms with Gasteiger partial charge in [0, 0.05) is 17.0 Å². The van der Waals surface area contributed by atoms with Gasteiger partial charge in [-0.25, -0.2) is 0 Å². The molecule has 0 aliphatic rings. The molecule has 20 heavy (non-hydrogen) atoms. The molecular formula is C11H11N5O3S. The lowest BCUT2D eigenvalue weighted by Crippen LogP contribution is -2.04. The summed E-state index contributed by atoms with van der Waals surface area (Å²) in [5.74, 6) is 0.0628. The minimum absolute atomic E-state index is 0.0273. The summed E-state index contributed by atoms with van der Waals surface area (Å²) >= 11 is 1.22. The van der Waals surface area contributed by atoms with E-state index in [4.69, 9.17) is 10.5 Å². The van der Waals surface area contributed by atoms with E-state index in [-0.39, 0.29) is 17.6 Å². The molecule has 1 aromatic carbocycles. The summed E-state index contributed by atoms with van der Waals surface area (Å²) in [6.45, 7) is 2.23. The average Bonchev–Trinajstić information content (AvgIpc) is 2.39. The van der Waals surface area contributed by atoms with E-state index in [2.05, 4.69) is 15.0 Å². The van der Waals surface area contributed by atoms with E-state index in [1.807, 2.05) is 6.92 Å². The number of ether oxygens (including phenoxy) is 1. The van der Waals surface area contributed by atoms with Crippen LogP contribution in [0.3, 0.4) is 0 Å². The van der Waals surface area contributed by atoms with Gasteiger partial charge in [0.15, 0.2) is 0 Å². The minimum Gasteiger partial charge on any atom is -0.464 e. The Morgan fingerprint density at radius 3 is 2.60 bits per heavy atom. The highest BCUT2D eigenvalue weighted by Crippen LogP contribution is 2.27. The van der Waals surface area contributed by atoms with Gasteiger partial charge < -0.3 is 10.5 Å². The Balaban J connectivity index is 2.18. The van der Waals surface area contributed by atoms with Crippen molar-refractivity contribution in [3.05, 3.63) is 34.4 Å². The van der Waals surface area contributed by atoms with Crippen LogP contribution in [0.25, 0.3) is 0 Å². The normalized spacial score (nSPS) is 10.2. The van der Waals surface area contributed by atoms with Gasteiger partial charge in [-0.05, 0) is 30.8 Å². The third-order valence-corrected chi connectivity index (χ3v) is 3.01. The number of nitrogens with zero attached hydrogens (tertiary/aromatic N) is 4. The Morgan fingerprint density at radius 1 is 1.30 bits per heavy atom. The quantitative estimate of drug-likeness (QED) is 0.656. The fourth-order valence-electron chi connectivity index (χ4n) is 1.33. The van der Waals surface area contributed by atoms with Gasteiger partial charge in [0.25, 0.3) is 5.69 Å². The number of nitrogen functional groups attached to an aromatic ring is 1. The number of hydrogen-bond acceptors (Lipinski definition) is 8. The second-order valence-electron chi connectivity index (χ2n) is 3.54. The maximum atomic E-state index is 10.6. The highest BCUT2D eigenvalue weighted by atomic mass is 32.2. The second-order valence-corrected chi connectivity index (χ2v) is 4.59.